The summed E-state index contributed by atoms with van der Waals surface area (Å²) in [5, 5.41) is 4.36. The number of benzene rings is 1. The van der Waals surface area contributed by atoms with Crippen molar-refractivity contribution in [3.63, 3.8) is 0 Å². The summed E-state index contributed by atoms with van der Waals surface area (Å²) in [7, 11) is 3.62. The number of hydrogen-bond acceptors (Lipinski definition) is 2. The van der Waals surface area contributed by atoms with Crippen LogP contribution < -0.4 is 0 Å². The number of aromatic nitrogens is 2. The average Bonchev–Trinajstić information content (AvgIpc) is 2.66. The van der Waals surface area contributed by atoms with Gasteiger partial charge in [0.25, 0.3) is 0 Å². The molecule has 0 radical (unpaired) electrons. The van der Waals surface area contributed by atoms with Crippen molar-refractivity contribution < 1.29 is 4.74 Å². The third kappa shape index (κ3) is 2.25. The van der Waals surface area contributed by atoms with E-state index in [1.54, 1.807) is 11.8 Å². The lowest BCUT2D eigenvalue weighted by molar-refractivity contribution is 0.185. The fraction of sp³-hybridized carbons (Fsp3) is 0.250. The molecule has 0 saturated heterocycles. The molecule has 78 valence electrons. The van der Waals surface area contributed by atoms with Crippen molar-refractivity contribution >= 4 is 0 Å². The Kier molecular flexibility index (Phi) is 2.83. The quantitative estimate of drug-likeness (QED) is 0.763. The Bertz CT molecular complexity index is 448. The zero-order valence-corrected chi connectivity index (χ0v) is 8.97. The first-order valence-corrected chi connectivity index (χ1v) is 4.87. The van der Waals surface area contributed by atoms with E-state index >= 15 is 0 Å². The first-order valence-electron chi connectivity index (χ1n) is 4.87. The van der Waals surface area contributed by atoms with Crippen LogP contribution in [0.15, 0.2) is 36.5 Å². The molecule has 0 N–H and O–H groups in total. The van der Waals surface area contributed by atoms with Crippen LogP contribution in [0, 0.1) is 0 Å². The molecular weight excluding hydrogens is 188 g/mol. The summed E-state index contributed by atoms with van der Waals surface area (Å²) in [6.45, 7) is 0.640. The van der Waals surface area contributed by atoms with Crippen LogP contribution in [0.25, 0.3) is 11.3 Å². The van der Waals surface area contributed by atoms with Gasteiger partial charge >= 0.3 is 0 Å². The van der Waals surface area contributed by atoms with Gasteiger partial charge in [-0.25, -0.2) is 0 Å². The highest BCUT2D eigenvalue weighted by molar-refractivity contribution is 5.59. The van der Waals surface area contributed by atoms with E-state index in [2.05, 4.69) is 23.3 Å². The number of aryl methyl sites for hydroxylation is 1. The fourth-order valence-electron chi connectivity index (χ4n) is 1.56. The van der Waals surface area contributed by atoms with Gasteiger partial charge in [0.1, 0.15) is 0 Å². The van der Waals surface area contributed by atoms with Gasteiger partial charge in [-0.1, -0.05) is 18.2 Å². The zero-order valence-electron chi connectivity index (χ0n) is 8.97. The molecule has 0 unspecified atom stereocenters. The van der Waals surface area contributed by atoms with E-state index in [-0.39, 0.29) is 0 Å². The van der Waals surface area contributed by atoms with Crippen molar-refractivity contribution in [2.45, 2.75) is 6.61 Å². The van der Waals surface area contributed by atoms with Gasteiger partial charge in [0, 0.05) is 25.9 Å². The van der Waals surface area contributed by atoms with Crippen LogP contribution in [0.5, 0.6) is 0 Å². The second-order valence-corrected chi connectivity index (χ2v) is 3.51. The molecule has 3 nitrogen and oxygen atoms in total. The topological polar surface area (TPSA) is 27.1 Å². The summed E-state index contributed by atoms with van der Waals surface area (Å²) in [6, 6.07) is 10.2. The molecule has 0 aliphatic rings. The van der Waals surface area contributed by atoms with Gasteiger partial charge in [0.15, 0.2) is 0 Å². The van der Waals surface area contributed by atoms with Gasteiger partial charge in [0.2, 0.25) is 0 Å². The van der Waals surface area contributed by atoms with E-state index in [0.717, 1.165) is 11.3 Å². The largest absolute Gasteiger partial charge is 0.380 e. The van der Waals surface area contributed by atoms with Gasteiger partial charge in [0.05, 0.1) is 12.3 Å². The van der Waals surface area contributed by atoms with Crippen LogP contribution in [0.2, 0.25) is 0 Å². The van der Waals surface area contributed by atoms with Gasteiger partial charge < -0.3 is 4.74 Å². The van der Waals surface area contributed by atoms with E-state index < -0.39 is 0 Å². The van der Waals surface area contributed by atoms with Crippen molar-refractivity contribution in [1.29, 1.82) is 0 Å². The Hall–Kier alpha value is -1.61. The van der Waals surface area contributed by atoms with Gasteiger partial charge in [-0.3, -0.25) is 4.68 Å². The van der Waals surface area contributed by atoms with E-state index in [1.165, 1.54) is 5.56 Å². The molecule has 0 spiro atoms. The van der Waals surface area contributed by atoms with Crippen molar-refractivity contribution in [3.8, 4) is 11.3 Å². The van der Waals surface area contributed by atoms with Crippen LogP contribution in [-0.2, 0) is 18.4 Å². The molecule has 0 amide bonds. The Morgan fingerprint density at radius 2 is 2.20 bits per heavy atom. The van der Waals surface area contributed by atoms with Gasteiger partial charge in [-0.15, -0.1) is 0 Å². The number of ether oxygens (including phenoxy) is 1. The van der Waals surface area contributed by atoms with Crippen molar-refractivity contribution in [2.75, 3.05) is 7.11 Å². The van der Waals surface area contributed by atoms with Crippen molar-refractivity contribution in [1.82, 2.24) is 9.78 Å². The van der Waals surface area contributed by atoms with Gasteiger partial charge in [-0.2, -0.15) is 5.10 Å². The maximum atomic E-state index is 5.10. The second kappa shape index (κ2) is 4.28. The third-order valence-electron chi connectivity index (χ3n) is 2.25. The molecule has 1 aromatic heterocycles. The molecule has 0 saturated carbocycles. The molecule has 15 heavy (non-hydrogen) atoms. The molecule has 1 heterocycles. The summed E-state index contributed by atoms with van der Waals surface area (Å²) in [5.74, 6) is 0. The number of nitrogens with zero attached hydrogens (tertiary/aromatic N) is 2. The monoisotopic (exact) mass is 202 g/mol. The molecule has 0 bridgehead atoms. The predicted molar refractivity (Wildman–Crippen MR) is 59.4 cm³/mol. The highest BCUT2D eigenvalue weighted by Gasteiger charge is 2.01. The zero-order chi connectivity index (χ0) is 10.7. The molecular formula is C12H14N2O. The van der Waals surface area contributed by atoms with Crippen LogP contribution in [-0.4, -0.2) is 16.9 Å². The number of hydrogen-bond donors (Lipinski definition) is 0. The van der Waals surface area contributed by atoms with Crippen LogP contribution in [0.3, 0.4) is 0 Å². The lowest BCUT2D eigenvalue weighted by atomic mass is 10.1. The highest BCUT2D eigenvalue weighted by atomic mass is 16.5. The summed E-state index contributed by atoms with van der Waals surface area (Å²) >= 11 is 0. The van der Waals surface area contributed by atoms with E-state index in [0.29, 0.717) is 6.61 Å². The summed E-state index contributed by atoms with van der Waals surface area (Å²) in [5.41, 5.74) is 3.29. The van der Waals surface area contributed by atoms with Gasteiger partial charge in [-0.05, 0) is 17.7 Å². The minimum atomic E-state index is 0.640. The predicted octanol–water partition coefficient (Wildman–Crippen LogP) is 2.23. The molecule has 1 aromatic carbocycles. The Labute approximate surface area is 89.3 Å². The minimum Gasteiger partial charge on any atom is -0.380 e. The molecule has 0 atom stereocenters. The molecule has 2 aromatic rings. The Balaban J connectivity index is 2.32. The number of rotatable bonds is 3. The molecule has 0 aliphatic carbocycles. The van der Waals surface area contributed by atoms with Crippen molar-refractivity contribution in [2.24, 2.45) is 7.05 Å². The SMILES string of the molecule is COCc1cccc(-c2ccn(C)n2)c1. The first-order chi connectivity index (χ1) is 7.29. The maximum Gasteiger partial charge on any atom is 0.0923 e. The first kappa shape index (κ1) is 9.93. The third-order valence-corrected chi connectivity index (χ3v) is 2.25. The Morgan fingerprint density at radius 3 is 2.87 bits per heavy atom. The fourth-order valence-corrected chi connectivity index (χ4v) is 1.56. The smallest absolute Gasteiger partial charge is 0.0923 e. The second-order valence-electron chi connectivity index (χ2n) is 3.51. The average molecular weight is 202 g/mol. The standard InChI is InChI=1S/C12H14N2O/c1-14-7-6-12(13-14)11-5-3-4-10(8-11)9-15-2/h3-8H,9H2,1-2H3. The van der Waals surface area contributed by atoms with Crippen LogP contribution >= 0.6 is 0 Å². The normalized spacial score (nSPS) is 10.5. The van der Waals surface area contributed by atoms with Crippen molar-refractivity contribution in [3.05, 3.63) is 42.1 Å². The molecule has 3 heteroatoms. The lowest BCUT2D eigenvalue weighted by Gasteiger charge is -2.01. The summed E-state index contributed by atoms with van der Waals surface area (Å²) < 4.78 is 6.90. The minimum absolute atomic E-state index is 0.640. The van der Waals surface area contributed by atoms with E-state index in [4.69, 9.17) is 4.74 Å². The molecule has 0 fully saturated rings. The maximum absolute atomic E-state index is 5.10. The Morgan fingerprint density at radius 1 is 1.33 bits per heavy atom. The lowest BCUT2D eigenvalue weighted by Crippen LogP contribution is -1.90. The van der Waals surface area contributed by atoms with Crippen LogP contribution in [0.1, 0.15) is 5.56 Å². The summed E-state index contributed by atoms with van der Waals surface area (Å²) in [4.78, 5) is 0. The van der Waals surface area contributed by atoms with E-state index in [1.807, 2.05) is 25.4 Å². The molecule has 0 aliphatic heterocycles. The van der Waals surface area contributed by atoms with E-state index in [9.17, 15) is 0 Å². The highest BCUT2D eigenvalue weighted by Crippen LogP contribution is 2.18. The molecule has 2 rings (SSSR count). The summed E-state index contributed by atoms with van der Waals surface area (Å²) in [6.07, 6.45) is 1.94. The van der Waals surface area contributed by atoms with Crippen LogP contribution in [0.4, 0.5) is 0 Å². The number of methoxy groups -OCH3 is 1.